The van der Waals surface area contributed by atoms with Crippen molar-refractivity contribution >= 4 is 10.9 Å². The largest absolute Gasteiger partial charge is 0.508 e. The Bertz CT molecular complexity index is 1020. The lowest BCUT2D eigenvalue weighted by molar-refractivity contribution is -0.0562. The van der Waals surface area contributed by atoms with Crippen molar-refractivity contribution < 1.29 is 10.2 Å². The second-order valence-corrected chi connectivity index (χ2v) is 8.62. The standard InChI is InChI=1S/C25H28N2O2/c1-2-16-15-27-11-10-18(16)12-24(27)25(29)21-14-23(17-6-4-3-5-7-17)26-22-9-8-19(28)13-20(21)22/h3-9,13-14,16,18,24-25,28-29H,2,10-12,15H2,1H3/t16-,18+,24-,25+/m0/s1. The average molecular weight is 389 g/mol. The first-order valence-corrected chi connectivity index (χ1v) is 10.7. The molecule has 1 aromatic heterocycles. The maximum absolute atomic E-state index is 11.5. The quantitative estimate of drug-likeness (QED) is 0.676. The second-order valence-electron chi connectivity index (χ2n) is 8.62. The van der Waals surface area contributed by atoms with Crippen LogP contribution in [0, 0.1) is 11.8 Å². The van der Waals surface area contributed by atoms with Crippen molar-refractivity contribution in [3.05, 3.63) is 60.2 Å². The minimum Gasteiger partial charge on any atom is -0.508 e. The van der Waals surface area contributed by atoms with Gasteiger partial charge in [-0.25, -0.2) is 4.98 Å². The molecule has 3 saturated heterocycles. The summed E-state index contributed by atoms with van der Waals surface area (Å²) in [5.74, 6) is 1.67. The molecule has 4 heteroatoms. The fraction of sp³-hybridized carbons (Fsp3) is 0.400. The predicted molar refractivity (Wildman–Crippen MR) is 116 cm³/mol. The van der Waals surface area contributed by atoms with Crippen molar-refractivity contribution in [1.82, 2.24) is 9.88 Å². The van der Waals surface area contributed by atoms with Crippen LogP contribution in [0.25, 0.3) is 22.2 Å². The topological polar surface area (TPSA) is 56.6 Å². The average Bonchev–Trinajstić information content (AvgIpc) is 2.78. The number of aromatic nitrogens is 1. The number of fused-ring (bicyclic) bond motifs is 4. The Labute approximate surface area is 171 Å². The summed E-state index contributed by atoms with van der Waals surface area (Å²) in [6.07, 6.45) is 2.91. The molecule has 3 aliphatic heterocycles. The minimum atomic E-state index is -0.592. The number of phenolic OH excluding ortho intramolecular Hbond substituents is 1. The Kier molecular flexibility index (Phi) is 4.76. The lowest BCUT2D eigenvalue weighted by Crippen LogP contribution is -2.55. The van der Waals surface area contributed by atoms with Gasteiger partial charge in [0.2, 0.25) is 0 Å². The molecule has 5 atom stereocenters. The number of hydrogen-bond acceptors (Lipinski definition) is 4. The Morgan fingerprint density at radius 3 is 2.69 bits per heavy atom. The first-order valence-electron chi connectivity index (χ1n) is 10.7. The first-order chi connectivity index (χ1) is 14.1. The molecule has 2 aromatic carbocycles. The predicted octanol–water partition coefficient (Wildman–Crippen LogP) is 4.76. The van der Waals surface area contributed by atoms with Gasteiger partial charge in [0.15, 0.2) is 0 Å². The molecule has 4 nitrogen and oxygen atoms in total. The minimum absolute atomic E-state index is 0.133. The van der Waals surface area contributed by atoms with Crippen LogP contribution in [0.3, 0.4) is 0 Å². The molecule has 3 aliphatic rings. The van der Waals surface area contributed by atoms with Crippen molar-refractivity contribution in [2.24, 2.45) is 11.8 Å². The smallest absolute Gasteiger partial charge is 0.116 e. The normalized spacial score (nSPS) is 27.2. The van der Waals surface area contributed by atoms with E-state index in [9.17, 15) is 10.2 Å². The number of aromatic hydroxyl groups is 1. The van der Waals surface area contributed by atoms with Crippen molar-refractivity contribution in [1.29, 1.82) is 0 Å². The number of aliphatic hydroxyl groups excluding tert-OH is 1. The van der Waals surface area contributed by atoms with E-state index in [1.54, 1.807) is 12.1 Å². The molecule has 0 spiro atoms. The van der Waals surface area contributed by atoms with Crippen LogP contribution in [0.5, 0.6) is 5.75 Å². The summed E-state index contributed by atoms with van der Waals surface area (Å²) >= 11 is 0. The van der Waals surface area contributed by atoms with E-state index in [0.29, 0.717) is 5.92 Å². The molecule has 0 saturated carbocycles. The van der Waals surface area contributed by atoms with E-state index in [1.807, 2.05) is 42.5 Å². The number of pyridine rings is 1. The Balaban J connectivity index is 1.59. The van der Waals surface area contributed by atoms with E-state index in [4.69, 9.17) is 4.98 Å². The molecule has 0 amide bonds. The fourth-order valence-corrected chi connectivity index (χ4v) is 5.42. The summed E-state index contributed by atoms with van der Waals surface area (Å²) < 4.78 is 0. The van der Waals surface area contributed by atoms with E-state index in [0.717, 1.165) is 53.2 Å². The number of nitrogens with zero attached hydrogens (tertiary/aromatic N) is 2. The molecule has 2 bridgehead atoms. The fourth-order valence-electron chi connectivity index (χ4n) is 5.42. The van der Waals surface area contributed by atoms with E-state index in [2.05, 4.69) is 11.8 Å². The summed E-state index contributed by atoms with van der Waals surface area (Å²) in [4.78, 5) is 7.29. The van der Waals surface area contributed by atoms with Crippen LogP contribution in [-0.4, -0.2) is 39.2 Å². The lowest BCUT2D eigenvalue weighted by atomic mass is 9.72. The number of piperidine rings is 3. The van der Waals surface area contributed by atoms with Crippen molar-refractivity contribution in [3.63, 3.8) is 0 Å². The van der Waals surface area contributed by atoms with Crippen LogP contribution in [0.15, 0.2) is 54.6 Å². The molecule has 6 rings (SSSR count). The molecule has 1 unspecified atom stereocenters. The summed E-state index contributed by atoms with van der Waals surface area (Å²) in [5.41, 5.74) is 3.57. The SMILES string of the molecule is CC[C@H]1CN2CC[C@@H]1C[C@H]2[C@H](O)c1cc(-c2ccccc2)nc2ccc(O)cc12. The first kappa shape index (κ1) is 18.6. The van der Waals surface area contributed by atoms with E-state index in [-0.39, 0.29) is 11.8 Å². The molecule has 3 aromatic rings. The molecular weight excluding hydrogens is 360 g/mol. The Morgan fingerprint density at radius 2 is 1.97 bits per heavy atom. The summed E-state index contributed by atoms with van der Waals surface area (Å²) in [6.45, 7) is 4.44. The number of rotatable bonds is 4. The van der Waals surface area contributed by atoms with Crippen molar-refractivity contribution in [3.8, 4) is 17.0 Å². The van der Waals surface area contributed by atoms with Gasteiger partial charge in [-0.15, -0.1) is 0 Å². The zero-order chi connectivity index (χ0) is 20.0. The van der Waals surface area contributed by atoms with Gasteiger partial charge in [0.1, 0.15) is 5.75 Å². The van der Waals surface area contributed by atoms with Gasteiger partial charge in [-0.2, -0.15) is 0 Å². The van der Waals surface area contributed by atoms with Gasteiger partial charge in [-0.1, -0.05) is 43.7 Å². The molecule has 0 aliphatic carbocycles. The van der Waals surface area contributed by atoms with Crippen LogP contribution < -0.4 is 0 Å². The van der Waals surface area contributed by atoms with Crippen LogP contribution in [0.4, 0.5) is 0 Å². The molecule has 150 valence electrons. The van der Waals surface area contributed by atoms with Crippen molar-refractivity contribution in [2.45, 2.75) is 38.3 Å². The maximum Gasteiger partial charge on any atom is 0.116 e. The Hall–Kier alpha value is -2.43. The lowest BCUT2D eigenvalue weighted by Gasteiger charge is -2.51. The highest BCUT2D eigenvalue weighted by Crippen LogP contribution is 2.43. The van der Waals surface area contributed by atoms with Crippen LogP contribution >= 0.6 is 0 Å². The molecule has 2 N–H and O–H groups in total. The highest BCUT2D eigenvalue weighted by atomic mass is 16.3. The highest BCUT2D eigenvalue weighted by molar-refractivity contribution is 5.86. The van der Waals surface area contributed by atoms with Gasteiger partial charge in [0, 0.05) is 23.5 Å². The van der Waals surface area contributed by atoms with E-state index in [1.165, 1.54) is 12.8 Å². The number of aliphatic hydroxyl groups is 1. The monoisotopic (exact) mass is 388 g/mol. The van der Waals surface area contributed by atoms with Crippen LogP contribution in [0.1, 0.15) is 37.9 Å². The third kappa shape index (κ3) is 3.30. The summed E-state index contributed by atoms with van der Waals surface area (Å²) in [6, 6.07) is 17.5. The van der Waals surface area contributed by atoms with E-state index < -0.39 is 6.10 Å². The van der Waals surface area contributed by atoms with Gasteiger partial charge in [0.05, 0.1) is 17.3 Å². The van der Waals surface area contributed by atoms with Crippen molar-refractivity contribution in [2.75, 3.05) is 13.1 Å². The second kappa shape index (κ2) is 7.43. The zero-order valence-electron chi connectivity index (χ0n) is 16.8. The van der Waals surface area contributed by atoms with Gasteiger partial charge >= 0.3 is 0 Å². The summed E-state index contributed by atoms with van der Waals surface area (Å²) in [7, 11) is 0. The number of hydrogen-bond donors (Lipinski definition) is 2. The van der Waals surface area contributed by atoms with Crippen LogP contribution in [-0.2, 0) is 0 Å². The highest BCUT2D eigenvalue weighted by Gasteiger charge is 2.42. The van der Waals surface area contributed by atoms with Crippen LogP contribution in [0.2, 0.25) is 0 Å². The van der Waals surface area contributed by atoms with Gasteiger partial charge in [-0.05, 0) is 61.1 Å². The number of phenols is 1. The van der Waals surface area contributed by atoms with Gasteiger partial charge < -0.3 is 10.2 Å². The third-order valence-corrected chi connectivity index (χ3v) is 7.04. The number of benzene rings is 2. The van der Waals surface area contributed by atoms with Gasteiger partial charge in [-0.3, -0.25) is 4.90 Å². The molecular formula is C25H28N2O2. The van der Waals surface area contributed by atoms with E-state index >= 15 is 0 Å². The Morgan fingerprint density at radius 1 is 1.14 bits per heavy atom. The molecule has 4 heterocycles. The molecule has 3 fully saturated rings. The van der Waals surface area contributed by atoms with Gasteiger partial charge in [0.25, 0.3) is 0 Å². The molecule has 0 radical (unpaired) electrons. The zero-order valence-corrected chi connectivity index (χ0v) is 16.8. The summed E-state index contributed by atoms with van der Waals surface area (Å²) in [5, 5.41) is 22.5. The third-order valence-electron chi connectivity index (χ3n) is 7.04. The maximum atomic E-state index is 11.5. The molecule has 29 heavy (non-hydrogen) atoms.